The molecule has 1 aliphatic heterocycles. The second-order valence-corrected chi connectivity index (χ2v) is 4.56. The average molecular weight is 235 g/mol. The van der Waals surface area contributed by atoms with Gasteiger partial charge < -0.3 is 30.5 Å². The molecule has 0 spiro atoms. The second-order valence-electron chi connectivity index (χ2n) is 4.56. The molecular weight excluding hydrogens is 214 g/mol. The van der Waals surface area contributed by atoms with Gasteiger partial charge in [-0.1, -0.05) is 13.8 Å². The lowest BCUT2D eigenvalue weighted by atomic mass is 9.97. The molecule has 0 aromatic heterocycles. The van der Waals surface area contributed by atoms with E-state index in [0.29, 0.717) is 12.5 Å². The van der Waals surface area contributed by atoms with Gasteiger partial charge in [-0.2, -0.15) is 0 Å². The van der Waals surface area contributed by atoms with E-state index < -0.39 is 37.3 Å². The van der Waals surface area contributed by atoms with Gasteiger partial charge in [0.15, 0.2) is 6.29 Å². The van der Waals surface area contributed by atoms with Gasteiger partial charge in [-0.3, -0.25) is 0 Å². The molecule has 1 aliphatic rings. The molecule has 5 atom stereocenters. The maximum atomic E-state index is 9.76. The Morgan fingerprint density at radius 3 is 2.31 bits per heavy atom. The summed E-state index contributed by atoms with van der Waals surface area (Å²) in [5.41, 5.74) is 0. The van der Waals surface area contributed by atoms with Crippen LogP contribution in [0.1, 0.15) is 13.8 Å². The van der Waals surface area contributed by atoms with Crippen LogP contribution in [0.3, 0.4) is 0 Å². The first-order valence-corrected chi connectivity index (χ1v) is 5.51. The molecule has 96 valence electrons. The lowest BCUT2D eigenvalue weighted by molar-refractivity contribution is -0.254. The van der Waals surface area contributed by atoms with E-state index >= 15 is 0 Å². The Balaban J connectivity index is 2.57. The summed E-state index contributed by atoms with van der Waals surface area (Å²) in [5, 5.41) is 40.8. The fourth-order valence-corrected chi connectivity index (χ4v) is 1.69. The summed E-state index contributed by atoms with van der Waals surface area (Å²) in [4.78, 5) is 0. The molecule has 0 aromatic rings. The van der Waals surface area contributed by atoms with Gasteiger partial charge in [-0.25, -0.2) is 0 Å². The molecule has 0 aromatic carbocycles. The molecule has 16 heavy (non-hydrogen) atoms. The Morgan fingerprint density at radius 2 is 1.81 bits per heavy atom. The first-order valence-electron chi connectivity index (χ1n) is 5.51. The third-order valence-corrected chi connectivity index (χ3v) is 2.66. The van der Waals surface area contributed by atoms with Gasteiger partial charge in [-0.15, -0.1) is 0 Å². The van der Waals surface area contributed by atoms with E-state index in [4.69, 9.17) is 9.84 Å². The van der Waals surface area contributed by atoms with E-state index in [0.717, 1.165) is 0 Å². The topological polar surface area (TPSA) is 102 Å². The van der Waals surface area contributed by atoms with Crippen LogP contribution >= 0.6 is 0 Å². The van der Waals surface area contributed by atoms with E-state index in [1.165, 1.54) is 0 Å². The van der Waals surface area contributed by atoms with Crippen molar-refractivity contribution >= 4 is 0 Å². The summed E-state index contributed by atoms with van der Waals surface area (Å²) in [7, 11) is 0. The van der Waals surface area contributed by atoms with Crippen molar-refractivity contribution in [1.82, 2.24) is 5.32 Å². The van der Waals surface area contributed by atoms with Gasteiger partial charge in [0.05, 0.1) is 12.6 Å². The van der Waals surface area contributed by atoms with E-state index in [-0.39, 0.29) is 0 Å². The minimum absolute atomic E-state index is 0.354. The van der Waals surface area contributed by atoms with Crippen LogP contribution in [0.25, 0.3) is 0 Å². The first kappa shape index (κ1) is 13.8. The maximum absolute atomic E-state index is 9.76. The summed E-state index contributed by atoms with van der Waals surface area (Å²) in [6.07, 6.45) is -4.52. The smallest absolute Gasteiger partial charge is 0.173 e. The lowest BCUT2D eigenvalue weighted by Crippen LogP contribution is -2.63. The van der Waals surface area contributed by atoms with Crippen LogP contribution in [0.15, 0.2) is 0 Å². The Bertz CT molecular complexity index is 213. The van der Waals surface area contributed by atoms with E-state index in [2.05, 4.69) is 5.32 Å². The average Bonchev–Trinajstić information content (AvgIpc) is 2.22. The molecule has 6 heteroatoms. The number of aliphatic hydroxyl groups is 4. The highest BCUT2D eigenvalue weighted by molar-refractivity contribution is 4.92. The van der Waals surface area contributed by atoms with Crippen molar-refractivity contribution in [3.05, 3.63) is 0 Å². The van der Waals surface area contributed by atoms with Gasteiger partial charge in [0.25, 0.3) is 0 Å². The molecule has 1 fully saturated rings. The second kappa shape index (κ2) is 5.90. The van der Waals surface area contributed by atoms with Crippen LogP contribution in [0, 0.1) is 5.92 Å². The Kier molecular flexibility index (Phi) is 5.10. The highest BCUT2D eigenvalue weighted by Crippen LogP contribution is 2.19. The van der Waals surface area contributed by atoms with Gasteiger partial charge in [0.2, 0.25) is 0 Å². The van der Waals surface area contributed by atoms with Crippen molar-refractivity contribution < 1.29 is 25.2 Å². The number of hydrogen-bond donors (Lipinski definition) is 5. The van der Waals surface area contributed by atoms with Crippen molar-refractivity contribution in [3.8, 4) is 0 Å². The van der Waals surface area contributed by atoms with E-state index in [1.807, 2.05) is 13.8 Å². The van der Waals surface area contributed by atoms with Crippen molar-refractivity contribution in [1.29, 1.82) is 0 Å². The SMILES string of the molecule is CC(C)CN[C@H]1[C@@H](O)[C@H](O)[C@@H](CO)O[C@@H]1O. The predicted octanol–water partition coefficient (Wildman–Crippen LogP) is -1.97. The fourth-order valence-electron chi connectivity index (χ4n) is 1.69. The Hall–Kier alpha value is -0.240. The zero-order valence-electron chi connectivity index (χ0n) is 9.58. The van der Waals surface area contributed by atoms with Gasteiger partial charge in [-0.05, 0) is 12.5 Å². The number of ether oxygens (including phenoxy) is 1. The Morgan fingerprint density at radius 1 is 1.19 bits per heavy atom. The number of rotatable bonds is 4. The Labute approximate surface area is 94.9 Å². The van der Waals surface area contributed by atoms with E-state index in [9.17, 15) is 15.3 Å². The summed E-state index contributed by atoms with van der Waals surface area (Å²) in [5.74, 6) is 0.354. The molecule has 0 aliphatic carbocycles. The zero-order valence-corrected chi connectivity index (χ0v) is 9.58. The monoisotopic (exact) mass is 235 g/mol. The quantitative estimate of drug-likeness (QED) is 0.387. The van der Waals surface area contributed by atoms with Crippen LogP contribution in [0.5, 0.6) is 0 Å². The molecule has 0 radical (unpaired) electrons. The van der Waals surface area contributed by atoms with Gasteiger partial charge in [0, 0.05) is 0 Å². The maximum Gasteiger partial charge on any atom is 0.173 e. The van der Waals surface area contributed by atoms with Crippen molar-refractivity contribution in [2.24, 2.45) is 5.92 Å². The minimum atomic E-state index is -1.23. The fraction of sp³-hybridized carbons (Fsp3) is 1.00. The van der Waals surface area contributed by atoms with Crippen molar-refractivity contribution in [2.75, 3.05) is 13.2 Å². The number of nitrogens with one attached hydrogen (secondary N) is 1. The standard InChI is InChI=1S/C10H21NO5/c1-5(2)3-11-7-9(14)8(13)6(4-12)16-10(7)15/h5-15H,3-4H2,1-2H3/t6-,7+,8-,9-,10+/m1/s1. The zero-order chi connectivity index (χ0) is 12.3. The molecule has 1 saturated heterocycles. The van der Waals surface area contributed by atoms with Crippen LogP contribution in [0.2, 0.25) is 0 Å². The summed E-state index contributed by atoms with van der Waals surface area (Å²) in [6, 6.07) is -0.736. The van der Waals surface area contributed by atoms with Crippen LogP contribution in [-0.4, -0.2) is 64.2 Å². The number of aliphatic hydroxyl groups excluding tert-OH is 4. The molecule has 0 bridgehead atoms. The molecule has 0 amide bonds. The molecule has 0 unspecified atom stereocenters. The summed E-state index contributed by atoms with van der Waals surface area (Å²) < 4.78 is 5.00. The van der Waals surface area contributed by atoms with Crippen LogP contribution in [-0.2, 0) is 4.74 Å². The van der Waals surface area contributed by atoms with Gasteiger partial charge in [0.1, 0.15) is 18.3 Å². The third kappa shape index (κ3) is 3.13. The highest BCUT2D eigenvalue weighted by atomic mass is 16.6. The number of hydrogen-bond acceptors (Lipinski definition) is 6. The molecular formula is C10H21NO5. The summed E-state index contributed by atoms with van der Waals surface area (Å²) in [6.45, 7) is 4.13. The summed E-state index contributed by atoms with van der Waals surface area (Å²) >= 11 is 0. The minimum Gasteiger partial charge on any atom is -0.394 e. The van der Waals surface area contributed by atoms with Crippen molar-refractivity contribution in [2.45, 2.75) is 44.5 Å². The molecule has 1 rings (SSSR count). The molecule has 0 saturated carbocycles. The molecule has 1 heterocycles. The van der Waals surface area contributed by atoms with Crippen LogP contribution < -0.4 is 5.32 Å². The van der Waals surface area contributed by atoms with Crippen LogP contribution in [0.4, 0.5) is 0 Å². The third-order valence-electron chi connectivity index (χ3n) is 2.66. The van der Waals surface area contributed by atoms with Crippen molar-refractivity contribution in [3.63, 3.8) is 0 Å². The van der Waals surface area contributed by atoms with Gasteiger partial charge >= 0.3 is 0 Å². The first-order chi connectivity index (χ1) is 7.47. The normalized spacial score (nSPS) is 40.3. The predicted molar refractivity (Wildman–Crippen MR) is 56.6 cm³/mol. The highest BCUT2D eigenvalue weighted by Gasteiger charge is 2.43. The van der Waals surface area contributed by atoms with E-state index in [1.54, 1.807) is 0 Å². The largest absolute Gasteiger partial charge is 0.394 e. The molecule has 5 N–H and O–H groups in total. The lowest BCUT2D eigenvalue weighted by Gasteiger charge is -2.40. The molecule has 6 nitrogen and oxygen atoms in total.